The molecule has 2 aromatic rings. The molecule has 2 rings (SSSR count). The van der Waals surface area contributed by atoms with Crippen LogP contribution in [0.2, 0.25) is 0 Å². The SMILES string of the molecule is CCCOC(=O)c1c(NC(=O)C(C)n2nccc2C)sc(C(=O)N(C)C)c1C. The Bertz CT molecular complexity index is 885. The average Bonchev–Trinajstić information content (AvgIpc) is 3.21. The van der Waals surface area contributed by atoms with E-state index in [1.165, 1.54) is 4.90 Å². The number of aryl methyl sites for hydroxylation is 1. The fourth-order valence-electron chi connectivity index (χ4n) is 2.63. The highest BCUT2D eigenvalue weighted by molar-refractivity contribution is 7.18. The summed E-state index contributed by atoms with van der Waals surface area (Å²) < 4.78 is 6.85. The van der Waals surface area contributed by atoms with Crippen molar-refractivity contribution in [1.82, 2.24) is 14.7 Å². The minimum atomic E-state index is -0.579. The first-order valence-electron chi connectivity index (χ1n) is 9.02. The quantitative estimate of drug-likeness (QED) is 0.714. The van der Waals surface area contributed by atoms with Crippen LogP contribution in [0.3, 0.4) is 0 Å². The lowest BCUT2D eigenvalue weighted by atomic mass is 10.1. The summed E-state index contributed by atoms with van der Waals surface area (Å²) in [6, 6.07) is 1.23. The molecule has 0 aromatic carbocycles. The predicted octanol–water partition coefficient (Wildman–Crippen LogP) is 3.03. The number of hydrogen-bond donors (Lipinski definition) is 1. The van der Waals surface area contributed by atoms with Gasteiger partial charge in [-0.05, 0) is 38.8 Å². The zero-order valence-corrected chi connectivity index (χ0v) is 17.8. The number of amides is 2. The number of thiophene rings is 1. The van der Waals surface area contributed by atoms with Crippen LogP contribution in [0.15, 0.2) is 12.3 Å². The Labute approximate surface area is 168 Å². The largest absolute Gasteiger partial charge is 0.462 e. The van der Waals surface area contributed by atoms with Crippen LogP contribution < -0.4 is 5.32 Å². The number of rotatable bonds is 7. The van der Waals surface area contributed by atoms with Gasteiger partial charge in [-0.25, -0.2) is 4.79 Å². The number of esters is 1. The Morgan fingerprint density at radius 1 is 1.32 bits per heavy atom. The molecule has 8 nitrogen and oxygen atoms in total. The van der Waals surface area contributed by atoms with E-state index in [1.54, 1.807) is 44.9 Å². The molecule has 2 aromatic heterocycles. The highest BCUT2D eigenvalue weighted by Gasteiger charge is 2.28. The first-order valence-corrected chi connectivity index (χ1v) is 9.83. The van der Waals surface area contributed by atoms with Crippen molar-refractivity contribution in [2.24, 2.45) is 0 Å². The van der Waals surface area contributed by atoms with Gasteiger partial charge in [0.15, 0.2) is 0 Å². The van der Waals surface area contributed by atoms with Gasteiger partial charge >= 0.3 is 5.97 Å². The number of carbonyl (C=O) groups is 3. The molecule has 0 saturated carbocycles. The first kappa shape index (κ1) is 21.6. The molecule has 2 amide bonds. The minimum absolute atomic E-state index is 0.224. The second kappa shape index (κ2) is 9.01. The zero-order valence-electron chi connectivity index (χ0n) is 17.0. The maximum absolute atomic E-state index is 12.8. The number of nitrogens with zero attached hydrogens (tertiary/aromatic N) is 3. The van der Waals surface area contributed by atoms with Crippen molar-refractivity contribution in [2.45, 2.75) is 40.2 Å². The van der Waals surface area contributed by atoms with Crippen molar-refractivity contribution in [2.75, 3.05) is 26.0 Å². The van der Waals surface area contributed by atoms with E-state index < -0.39 is 12.0 Å². The van der Waals surface area contributed by atoms with Crippen LogP contribution in [0.5, 0.6) is 0 Å². The molecule has 28 heavy (non-hydrogen) atoms. The molecule has 0 radical (unpaired) electrons. The number of aromatic nitrogens is 2. The van der Waals surface area contributed by atoms with Crippen molar-refractivity contribution < 1.29 is 19.1 Å². The van der Waals surface area contributed by atoms with Gasteiger partial charge in [-0.15, -0.1) is 11.3 Å². The molecule has 0 bridgehead atoms. The lowest BCUT2D eigenvalue weighted by Crippen LogP contribution is -2.25. The molecule has 0 aliphatic carbocycles. The number of carbonyl (C=O) groups excluding carboxylic acids is 3. The summed E-state index contributed by atoms with van der Waals surface area (Å²) in [4.78, 5) is 39.6. The van der Waals surface area contributed by atoms with Crippen molar-refractivity contribution >= 4 is 34.1 Å². The average molecular weight is 407 g/mol. The first-order chi connectivity index (χ1) is 13.2. The summed E-state index contributed by atoms with van der Waals surface area (Å²) in [5.74, 6) is -1.11. The molecule has 2 heterocycles. The van der Waals surface area contributed by atoms with E-state index in [9.17, 15) is 14.4 Å². The van der Waals surface area contributed by atoms with Gasteiger partial charge in [0.1, 0.15) is 11.0 Å². The summed E-state index contributed by atoms with van der Waals surface area (Å²) in [5.41, 5.74) is 1.57. The molecule has 0 aliphatic heterocycles. The van der Waals surface area contributed by atoms with Gasteiger partial charge in [-0.3, -0.25) is 14.3 Å². The Morgan fingerprint density at radius 2 is 2.00 bits per heavy atom. The molecule has 1 unspecified atom stereocenters. The number of anilines is 1. The van der Waals surface area contributed by atoms with Crippen LogP contribution >= 0.6 is 11.3 Å². The Balaban J connectivity index is 2.39. The Morgan fingerprint density at radius 3 is 2.54 bits per heavy atom. The van der Waals surface area contributed by atoms with Crippen LogP contribution in [0, 0.1) is 13.8 Å². The molecule has 9 heteroatoms. The van der Waals surface area contributed by atoms with Crippen LogP contribution in [-0.2, 0) is 9.53 Å². The number of ether oxygens (including phenoxy) is 1. The molecular weight excluding hydrogens is 380 g/mol. The smallest absolute Gasteiger partial charge is 0.341 e. The molecule has 152 valence electrons. The third-order valence-electron chi connectivity index (χ3n) is 4.24. The van der Waals surface area contributed by atoms with Gasteiger partial charge in [-0.1, -0.05) is 6.92 Å². The highest BCUT2D eigenvalue weighted by atomic mass is 32.1. The van der Waals surface area contributed by atoms with Gasteiger partial charge in [0.05, 0.1) is 17.0 Å². The predicted molar refractivity (Wildman–Crippen MR) is 108 cm³/mol. The summed E-state index contributed by atoms with van der Waals surface area (Å²) in [5, 5.41) is 7.25. The third kappa shape index (κ3) is 4.41. The van der Waals surface area contributed by atoms with E-state index in [0.717, 1.165) is 17.0 Å². The van der Waals surface area contributed by atoms with Gasteiger partial charge in [-0.2, -0.15) is 5.10 Å². The van der Waals surface area contributed by atoms with Crippen molar-refractivity contribution in [3.63, 3.8) is 0 Å². The molecule has 1 N–H and O–H groups in total. The Kier molecular flexibility index (Phi) is 6.95. The fraction of sp³-hybridized carbons (Fsp3) is 0.474. The van der Waals surface area contributed by atoms with E-state index in [1.807, 2.05) is 13.8 Å². The topological polar surface area (TPSA) is 93.5 Å². The molecule has 0 fully saturated rings. The fourth-order valence-corrected chi connectivity index (χ4v) is 3.85. The van der Waals surface area contributed by atoms with E-state index in [2.05, 4.69) is 10.4 Å². The van der Waals surface area contributed by atoms with Crippen LogP contribution in [0.25, 0.3) is 0 Å². The van der Waals surface area contributed by atoms with Crippen molar-refractivity contribution in [1.29, 1.82) is 0 Å². The van der Waals surface area contributed by atoms with Crippen molar-refractivity contribution in [3.8, 4) is 0 Å². The summed E-state index contributed by atoms with van der Waals surface area (Å²) >= 11 is 1.08. The second-order valence-electron chi connectivity index (χ2n) is 6.68. The molecule has 1 atom stereocenters. The monoisotopic (exact) mass is 406 g/mol. The lowest BCUT2D eigenvalue weighted by molar-refractivity contribution is -0.119. The van der Waals surface area contributed by atoms with E-state index in [0.29, 0.717) is 21.9 Å². The molecule has 0 saturated heterocycles. The number of nitrogens with one attached hydrogen (secondary N) is 1. The zero-order chi connectivity index (χ0) is 21.0. The molecule has 0 spiro atoms. The summed E-state index contributed by atoms with van der Waals surface area (Å²) in [6.45, 7) is 7.42. The van der Waals surface area contributed by atoms with E-state index in [-0.39, 0.29) is 24.0 Å². The van der Waals surface area contributed by atoms with Crippen LogP contribution in [-0.4, -0.2) is 53.2 Å². The van der Waals surface area contributed by atoms with Crippen molar-refractivity contribution in [3.05, 3.63) is 34.0 Å². The van der Waals surface area contributed by atoms with E-state index in [4.69, 9.17) is 4.74 Å². The minimum Gasteiger partial charge on any atom is -0.462 e. The summed E-state index contributed by atoms with van der Waals surface area (Å²) in [6.07, 6.45) is 2.30. The van der Waals surface area contributed by atoms with Crippen LogP contribution in [0.4, 0.5) is 5.00 Å². The van der Waals surface area contributed by atoms with Gasteiger partial charge in [0, 0.05) is 26.0 Å². The summed E-state index contributed by atoms with van der Waals surface area (Å²) in [7, 11) is 3.27. The Hall–Kier alpha value is -2.68. The standard InChI is InChI=1S/C19H26N4O4S/c1-7-10-27-19(26)14-12(3)15(18(25)22(5)6)28-17(14)21-16(24)13(4)23-11(2)8-9-20-23/h8-9,13H,7,10H2,1-6H3,(H,21,24). The second-order valence-corrected chi connectivity index (χ2v) is 7.70. The maximum Gasteiger partial charge on any atom is 0.341 e. The van der Waals surface area contributed by atoms with Crippen LogP contribution in [0.1, 0.15) is 57.6 Å². The van der Waals surface area contributed by atoms with Gasteiger partial charge in [0.2, 0.25) is 5.91 Å². The molecular formula is C19H26N4O4S. The van der Waals surface area contributed by atoms with Gasteiger partial charge in [0.25, 0.3) is 5.91 Å². The third-order valence-corrected chi connectivity index (χ3v) is 5.44. The lowest BCUT2D eigenvalue weighted by Gasteiger charge is -2.14. The van der Waals surface area contributed by atoms with E-state index >= 15 is 0 Å². The normalized spacial score (nSPS) is 11.8. The highest BCUT2D eigenvalue weighted by Crippen LogP contribution is 2.35. The number of hydrogen-bond acceptors (Lipinski definition) is 6. The maximum atomic E-state index is 12.8. The molecule has 0 aliphatic rings. The van der Waals surface area contributed by atoms with Gasteiger partial charge < -0.3 is 15.0 Å².